The maximum Gasteiger partial charge on any atom is 0.234 e. The molecule has 0 radical (unpaired) electrons. The molecule has 0 atom stereocenters. The van der Waals surface area contributed by atoms with Gasteiger partial charge in [0, 0.05) is 6.42 Å². The minimum atomic E-state index is -0.377. The Kier molecular flexibility index (Phi) is 2.90. The lowest BCUT2D eigenvalue weighted by Crippen LogP contribution is -1.96. The quantitative estimate of drug-likeness (QED) is 0.743. The summed E-state index contributed by atoms with van der Waals surface area (Å²) >= 11 is 1.52. The average Bonchev–Trinajstić information content (AvgIpc) is 2.94. The second-order valence-corrected chi connectivity index (χ2v) is 5.33. The highest BCUT2D eigenvalue weighted by molar-refractivity contribution is 7.16. The number of nitrogens with zero attached hydrogens (tertiary/aromatic N) is 4. The zero-order chi connectivity index (χ0) is 13.4. The van der Waals surface area contributed by atoms with Gasteiger partial charge in [-0.2, -0.15) is 9.61 Å². The lowest BCUT2D eigenvalue weighted by molar-refractivity contribution is 0.631. The first kappa shape index (κ1) is 12.0. The van der Waals surface area contributed by atoms with Gasteiger partial charge in [0.05, 0.1) is 5.69 Å². The third-order valence-electron chi connectivity index (χ3n) is 2.88. The third-order valence-corrected chi connectivity index (χ3v) is 3.84. The van der Waals surface area contributed by atoms with Crippen molar-refractivity contribution in [2.75, 3.05) is 5.73 Å². The zero-order valence-corrected chi connectivity index (χ0v) is 11.1. The van der Waals surface area contributed by atoms with Crippen LogP contribution in [0.15, 0.2) is 18.2 Å². The molecule has 1 aromatic carbocycles. The lowest BCUT2D eigenvalue weighted by Gasteiger charge is -2.01. The number of aryl methyl sites for hydroxylation is 3. The molecule has 5 nitrogen and oxygen atoms in total. The summed E-state index contributed by atoms with van der Waals surface area (Å²) in [6.45, 7) is 1.87. The van der Waals surface area contributed by atoms with Crippen LogP contribution >= 0.6 is 11.3 Å². The van der Waals surface area contributed by atoms with Crippen LogP contribution in [-0.2, 0) is 12.8 Å². The zero-order valence-electron chi connectivity index (χ0n) is 10.3. The van der Waals surface area contributed by atoms with Gasteiger partial charge in [0.2, 0.25) is 4.96 Å². The van der Waals surface area contributed by atoms with Crippen LogP contribution in [0.3, 0.4) is 0 Å². The van der Waals surface area contributed by atoms with Gasteiger partial charge in [0.15, 0.2) is 5.82 Å². The van der Waals surface area contributed by atoms with Crippen LogP contribution in [0.1, 0.15) is 16.4 Å². The number of nitrogens with two attached hydrogens (primary N) is 1. The van der Waals surface area contributed by atoms with Gasteiger partial charge >= 0.3 is 0 Å². The second kappa shape index (κ2) is 4.58. The highest BCUT2D eigenvalue weighted by atomic mass is 32.1. The summed E-state index contributed by atoms with van der Waals surface area (Å²) in [6, 6.07) is 4.81. The maximum absolute atomic E-state index is 13.1. The first-order valence-corrected chi connectivity index (χ1v) is 6.67. The Balaban J connectivity index is 1.76. The molecule has 0 aliphatic heterocycles. The lowest BCUT2D eigenvalue weighted by atomic mass is 10.1. The van der Waals surface area contributed by atoms with Gasteiger partial charge in [0.1, 0.15) is 10.8 Å². The van der Waals surface area contributed by atoms with E-state index in [0.717, 1.165) is 34.2 Å². The van der Waals surface area contributed by atoms with Gasteiger partial charge < -0.3 is 5.73 Å². The normalized spacial score (nSPS) is 11.3. The number of anilines is 1. The molecule has 0 aliphatic rings. The van der Waals surface area contributed by atoms with Gasteiger partial charge in [-0.3, -0.25) is 0 Å². The minimum Gasteiger partial charge on any atom is -0.396 e. The van der Waals surface area contributed by atoms with E-state index in [2.05, 4.69) is 15.3 Å². The van der Waals surface area contributed by atoms with E-state index in [1.54, 1.807) is 16.6 Å². The molecule has 7 heteroatoms. The second-order valence-electron chi connectivity index (χ2n) is 4.29. The number of rotatable bonds is 3. The first-order valence-electron chi connectivity index (χ1n) is 5.85. The molecule has 3 rings (SSSR count). The molecule has 0 unspecified atom stereocenters. The fourth-order valence-corrected chi connectivity index (χ4v) is 2.73. The number of nitrogen functional groups attached to an aromatic ring is 1. The molecule has 98 valence electrons. The number of aromatic nitrogens is 4. The van der Waals surface area contributed by atoms with E-state index in [1.165, 1.54) is 17.4 Å². The predicted molar refractivity (Wildman–Crippen MR) is 71.6 cm³/mol. The Labute approximate surface area is 112 Å². The van der Waals surface area contributed by atoms with Gasteiger partial charge in [-0.25, -0.2) is 4.39 Å². The van der Waals surface area contributed by atoms with E-state index >= 15 is 0 Å². The molecule has 0 spiro atoms. The predicted octanol–water partition coefficient (Wildman–Crippen LogP) is 2.00. The molecule has 0 fully saturated rings. The summed E-state index contributed by atoms with van der Waals surface area (Å²) in [5, 5.41) is 13.4. The molecule has 0 aliphatic carbocycles. The van der Waals surface area contributed by atoms with Crippen LogP contribution in [0.25, 0.3) is 4.96 Å². The molecular weight excluding hydrogens is 265 g/mol. The van der Waals surface area contributed by atoms with E-state index in [1.807, 2.05) is 6.92 Å². The van der Waals surface area contributed by atoms with Crippen molar-refractivity contribution in [1.82, 2.24) is 19.8 Å². The molecular formula is C12H12FN5S. The fourth-order valence-electron chi connectivity index (χ4n) is 1.86. The van der Waals surface area contributed by atoms with Crippen LogP contribution in [0.5, 0.6) is 0 Å². The van der Waals surface area contributed by atoms with E-state index in [0.29, 0.717) is 0 Å². The Bertz CT molecular complexity index is 733. The molecule has 2 aromatic heterocycles. The van der Waals surface area contributed by atoms with Crippen LogP contribution in [0.2, 0.25) is 0 Å². The van der Waals surface area contributed by atoms with Crippen molar-refractivity contribution in [1.29, 1.82) is 0 Å². The van der Waals surface area contributed by atoms with Crippen LogP contribution in [0.4, 0.5) is 10.1 Å². The van der Waals surface area contributed by atoms with Crippen molar-refractivity contribution in [3.8, 4) is 0 Å². The maximum atomic E-state index is 13.1. The van der Waals surface area contributed by atoms with Crippen LogP contribution in [-0.4, -0.2) is 19.8 Å². The number of benzene rings is 1. The smallest absolute Gasteiger partial charge is 0.234 e. The first-order chi connectivity index (χ1) is 9.13. The van der Waals surface area contributed by atoms with Crippen LogP contribution in [0, 0.1) is 12.7 Å². The monoisotopic (exact) mass is 277 g/mol. The molecule has 19 heavy (non-hydrogen) atoms. The topological polar surface area (TPSA) is 69.1 Å². The third kappa shape index (κ3) is 2.28. The standard InChI is InChI=1S/C12H12FN5S/c1-7-15-16-12-18(7)17-11(19-12)5-3-8-2-4-9(13)10(14)6-8/h2,4,6H,3,5,14H2,1H3. The van der Waals surface area contributed by atoms with Gasteiger partial charge in [-0.05, 0) is 31.0 Å². The van der Waals surface area contributed by atoms with Crippen molar-refractivity contribution >= 4 is 22.0 Å². The van der Waals surface area contributed by atoms with Crippen molar-refractivity contribution in [2.24, 2.45) is 0 Å². The summed E-state index contributed by atoms with van der Waals surface area (Å²) in [6.07, 6.45) is 1.55. The summed E-state index contributed by atoms with van der Waals surface area (Å²) in [5.74, 6) is 0.404. The Hall–Kier alpha value is -2.02. The van der Waals surface area contributed by atoms with E-state index in [4.69, 9.17) is 5.73 Å². The SMILES string of the molecule is Cc1nnc2sc(CCc3ccc(F)c(N)c3)nn12. The van der Waals surface area contributed by atoms with Crippen LogP contribution < -0.4 is 5.73 Å². The molecule has 2 heterocycles. The van der Waals surface area contributed by atoms with Gasteiger partial charge in [-0.1, -0.05) is 17.4 Å². The number of hydrogen-bond acceptors (Lipinski definition) is 5. The highest BCUT2D eigenvalue weighted by Crippen LogP contribution is 2.18. The van der Waals surface area contributed by atoms with Crippen molar-refractivity contribution in [2.45, 2.75) is 19.8 Å². The minimum absolute atomic E-state index is 0.187. The summed E-state index contributed by atoms with van der Waals surface area (Å²) in [5.41, 5.74) is 6.73. The number of hydrogen-bond donors (Lipinski definition) is 1. The largest absolute Gasteiger partial charge is 0.396 e. The molecule has 0 amide bonds. The van der Waals surface area contributed by atoms with E-state index < -0.39 is 0 Å². The van der Waals surface area contributed by atoms with Crippen molar-refractivity contribution in [3.05, 3.63) is 40.4 Å². The van der Waals surface area contributed by atoms with Crippen molar-refractivity contribution in [3.63, 3.8) is 0 Å². The van der Waals surface area contributed by atoms with Gasteiger partial charge in [-0.15, -0.1) is 10.2 Å². The van der Waals surface area contributed by atoms with E-state index in [9.17, 15) is 4.39 Å². The highest BCUT2D eigenvalue weighted by Gasteiger charge is 2.09. The molecule has 0 bridgehead atoms. The average molecular weight is 277 g/mol. The summed E-state index contributed by atoms with van der Waals surface area (Å²) < 4.78 is 14.8. The number of fused-ring (bicyclic) bond motifs is 1. The number of halogens is 1. The molecule has 3 aromatic rings. The summed E-state index contributed by atoms with van der Waals surface area (Å²) in [4.78, 5) is 0.797. The Morgan fingerprint density at radius 3 is 2.89 bits per heavy atom. The Morgan fingerprint density at radius 1 is 1.32 bits per heavy atom. The van der Waals surface area contributed by atoms with E-state index in [-0.39, 0.29) is 11.5 Å². The molecule has 0 saturated carbocycles. The fraction of sp³-hybridized carbons (Fsp3) is 0.250. The Morgan fingerprint density at radius 2 is 2.16 bits per heavy atom. The van der Waals surface area contributed by atoms with Gasteiger partial charge in [0.25, 0.3) is 0 Å². The molecule has 2 N–H and O–H groups in total. The van der Waals surface area contributed by atoms with Crippen molar-refractivity contribution < 1.29 is 4.39 Å². The molecule has 0 saturated heterocycles. The summed E-state index contributed by atoms with van der Waals surface area (Å²) in [7, 11) is 0.